The van der Waals surface area contributed by atoms with Crippen LogP contribution in [0, 0.1) is 5.92 Å². The van der Waals surface area contributed by atoms with Gasteiger partial charge >= 0.3 is 5.97 Å². The van der Waals surface area contributed by atoms with Gasteiger partial charge in [0.2, 0.25) is 5.78 Å². The number of ketones is 1. The van der Waals surface area contributed by atoms with Crippen LogP contribution in [-0.2, 0) is 14.3 Å². The molecule has 1 heterocycles. The molecule has 0 aromatic rings. The highest BCUT2D eigenvalue weighted by Gasteiger charge is 2.32. The van der Waals surface area contributed by atoms with Gasteiger partial charge in [0, 0.05) is 6.42 Å². The maximum absolute atomic E-state index is 11.6. The number of allylic oxidation sites excluding steroid dienone is 1. The van der Waals surface area contributed by atoms with E-state index in [1.165, 1.54) is 70.6 Å². The fraction of sp³-hybridized carbons (Fsp3) is 0.789. The SMILES string of the molecule is O=C1COC(=O)C1=C(O)CCC1CCCCCCCCCCC1. The van der Waals surface area contributed by atoms with Crippen LogP contribution >= 0.6 is 0 Å². The first-order chi connectivity index (χ1) is 11.2. The molecule has 0 aromatic carbocycles. The minimum Gasteiger partial charge on any atom is -0.511 e. The van der Waals surface area contributed by atoms with E-state index in [-0.39, 0.29) is 23.7 Å². The molecule has 23 heavy (non-hydrogen) atoms. The molecule has 1 aliphatic heterocycles. The molecule has 0 aromatic heterocycles. The molecule has 0 unspecified atom stereocenters. The third-order valence-corrected chi connectivity index (χ3v) is 5.12. The Balaban J connectivity index is 1.84. The average Bonchev–Trinajstić information content (AvgIpc) is 2.85. The van der Waals surface area contributed by atoms with Crippen molar-refractivity contribution in [2.45, 2.75) is 83.5 Å². The molecule has 2 rings (SSSR count). The lowest BCUT2D eigenvalue weighted by atomic mass is 9.89. The van der Waals surface area contributed by atoms with Gasteiger partial charge in [-0.15, -0.1) is 0 Å². The topological polar surface area (TPSA) is 63.6 Å². The zero-order valence-corrected chi connectivity index (χ0v) is 14.1. The maximum Gasteiger partial charge on any atom is 0.345 e. The first kappa shape index (κ1) is 18.0. The zero-order valence-electron chi connectivity index (χ0n) is 14.1. The van der Waals surface area contributed by atoms with Crippen LogP contribution in [0.25, 0.3) is 0 Å². The van der Waals surface area contributed by atoms with Crippen LogP contribution < -0.4 is 0 Å². The molecule has 4 heteroatoms. The molecule has 0 bridgehead atoms. The van der Waals surface area contributed by atoms with Crippen molar-refractivity contribution in [3.8, 4) is 0 Å². The smallest absolute Gasteiger partial charge is 0.345 e. The summed E-state index contributed by atoms with van der Waals surface area (Å²) >= 11 is 0. The van der Waals surface area contributed by atoms with E-state index in [0.29, 0.717) is 12.3 Å². The summed E-state index contributed by atoms with van der Waals surface area (Å²) in [6, 6.07) is 0. The molecule has 4 nitrogen and oxygen atoms in total. The van der Waals surface area contributed by atoms with Crippen LogP contribution in [0.4, 0.5) is 0 Å². The summed E-state index contributed by atoms with van der Waals surface area (Å²) < 4.78 is 4.68. The van der Waals surface area contributed by atoms with Crippen molar-refractivity contribution < 1.29 is 19.4 Å². The van der Waals surface area contributed by atoms with E-state index >= 15 is 0 Å². The number of Topliss-reactive ketones (excluding diaryl/α,β-unsaturated/α-hetero) is 1. The second kappa shape index (κ2) is 9.74. The van der Waals surface area contributed by atoms with Crippen LogP contribution in [0.5, 0.6) is 0 Å². The van der Waals surface area contributed by atoms with Crippen LogP contribution in [0.1, 0.15) is 83.5 Å². The molecule has 0 atom stereocenters. The van der Waals surface area contributed by atoms with E-state index in [0.717, 1.165) is 6.42 Å². The van der Waals surface area contributed by atoms with Gasteiger partial charge in [-0.2, -0.15) is 0 Å². The Morgan fingerprint density at radius 1 is 0.913 bits per heavy atom. The molecule has 0 spiro atoms. The second-order valence-electron chi connectivity index (χ2n) is 6.99. The van der Waals surface area contributed by atoms with Gasteiger partial charge in [-0.25, -0.2) is 4.79 Å². The second-order valence-corrected chi connectivity index (χ2v) is 6.99. The van der Waals surface area contributed by atoms with E-state index in [1.54, 1.807) is 0 Å². The van der Waals surface area contributed by atoms with Crippen LogP contribution in [0.3, 0.4) is 0 Å². The number of hydrogen-bond acceptors (Lipinski definition) is 4. The Hall–Kier alpha value is -1.32. The van der Waals surface area contributed by atoms with Crippen LogP contribution in [0.15, 0.2) is 11.3 Å². The third-order valence-electron chi connectivity index (χ3n) is 5.12. The van der Waals surface area contributed by atoms with Crippen molar-refractivity contribution in [3.05, 3.63) is 11.3 Å². The van der Waals surface area contributed by atoms with Gasteiger partial charge in [0.05, 0.1) is 0 Å². The average molecular weight is 322 g/mol. The Morgan fingerprint density at radius 2 is 1.43 bits per heavy atom. The fourth-order valence-corrected chi connectivity index (χ4v) is 3.67. The lowest BCUT2D eigenvalue weighted by Crippen LogP contribution is -2.08. The summed E-state index contributed by atoms with van der Waals surface area (Å²) in [5.74, 6) is -0.522. The molecule has 2 fully saturated rings. The van der Waals surface area contributed by atoms with Gasteiger partial charge in [0.1, 0.15) is 11.3 Å². The first-order valence-corrected chi connectivity index (χ1v) is 9.31. The highest BCUT2D eigenvalue weighted by Crippen LogP contribution is 2.27. The molecule has 130 valence electrons. The maximum atomic E-state index is 11.6. The van der Waals surface area contributed by atoms with E-state index in [2.05, 4.69) is 4.74 Å². The zero-order chi connectivity index (χ0) is 16.5. The van der Waals surface area contributed by atoms with Crippen molar-refractivity contribution in [1.82, 2.24) is 0 Å². The first-order valence-electron chi connectivity index (χ1n) is 9.31. The van der Waals surface area contributed by atoms with Gasteiger partial charge < -0.3 is 9.84 Å². The molecule has 1 aliphatic carbocycles. The summed E-state index contributed by atoms with van der Waals surface area (Å²) in [6.45, 7) is -0.221. The lowest BCUT2D eigenvalue weighted by molar-refractivity contribution is -0.135. The molecule has 1 saturated heterocycles. The molecule has 0 amide bonds. The van der Waals surface area contributed by atoms with Crippen molar-refractivity contribution in [1.29, 1.82) is 0 Å². The Morgan fingerprint density at radius 3 is 1.91 bits per heavy atom. The normalized spacial score (nSPS) is 24.7. The molecule has 2 aliphatic rings. The van der Waals surface area contributed by atoms with Gasteiger partial charge in [-0.05, 0) is 12.3 Å². The fourth-order valence-electron chi connectivity index (χ4n) is 3.67. The molecule has 1 saturated carbocycles. The number of aliphatic hydroxyl groups excluding tert-OH is 1. The van der Waals surface area contributed by atoms with Crippen LogP contribution in [-0.4, -0.2) is 23.5 Å². The predicted molar refractivity (Wildman–Crippen MR) is 89.1 cm³/mol. The van der Waals surface area contributed by atoms with E-state index < -0.39 is 5.97 Å². The van der Waals surface area contributed by atoms with Gasteiger partial charge in [0.25, 0.3) is 0 Å². The highest BCUT2D eigenvalue weighted by molar-refractivity contribution is 6.22. The Bertz CT molecular complexity index is 409. The number of rotatable bonds is 3. The quantitative estimate of drug-likeness (QED) is 0.356. The highest BCUT2D eigenvalue weighted by atomic mass is 16.5. The van der Waals surface area contributed by atoms with Gasteiger partial charge in [-0.1, -0.05) is 70.6 Å². The number of hydrogen-bond donors (Lipinski definition) is 1. The minimum atomic E-state index is -0.661. The number of cyclic esters (lactones) is 1. The van der Waals surface area contributed by atoms with Crippen molar-refractivity contribution in [3.63, 3.8) is 0 Å². The summed E-state index contributed by atoms with van der Waals surface area (Å²) in [5, 5.41) is 10.1. The molecular weight excluding hydrogens is 292 g/mol. The summed E-state index contributed by atoms with van der Waals surface area (Å²) in [5.41, 5.74) is -0.113. The number of ether oxygens (including phenoxy) is 1. The molecular formula is C19H30O4. The number of carbonyl (C=O) groups excluding carboxylic acids is 2. The van der Waals surface area contributed by atoms with Gasteiger partial charge in [-0.3, -0.25) is 4.79 Å². The van der Waals surface area contributed by atoms with E-state index in [1.807, 2.05) is 0 Å². The minimum absolute atomic E-state index is 0.0661. The molecule has 1 N–H and O–H groups in total. The molecule has 0 radical (unpaired) electrons. The summed E-state index contributed by atoms with van der Waals surface area (Å²) in [4.78, 5) is 23.0. The predicted octanol–water partition coefficient (Wildman–Crippen LogP) is 4.63. The van der Waals surface area contributed by atoms with Crippen LogP contribution in [0.2, 0.25) is 0 Å². The lowest BCUT2D eigenvalue weighted by Gasteiger charge is -2.17. The number of carbonyl (C=O) groups is 2. The largest absolute Gasteiger partial charge is 0.511 e. The number of esters is 1. The van der Waals surface area contributed by atoms with Crippen molar-refractivity contribution >= 4 is 11.8 Å². The summed E-state index contributed by atoms with van der Waals surface area (Å²) in [6.07, 6.45) is 15.6. The van der Waals surface area contributed by atoms with Gasteiger partial charge in [0.15, 0.2) is 6.61 Å². The van der Waals surface area contributed by atoms with E-state index in [4.69, 9.17) is 0 Å². The Labute approximate surface area is 139 Å². The standard InChI is InChI=1S/C19H30O4/c20-16(18-17(21)14-23-19(18)22)13-12-15-10-8-6-4-2-1-3-5-7-9-11-15/h15,20H,1-14H2. The third kappa shape index (κ3) is 6.00. The Kier molecular flexibility index (Phi) is 7.63. The number of aliphatic hydroxyl groups is 1. The summed E-state index contributed by atoms with van der Waals surface area (Å²) in [7, 11) is 0. The van der Waals surface area contributed by atoms with Crippen molar-refractivity contribution in [2.24, 2.45) is 5.92 Å². The van der Waals surface area contributed by atoms with E-state index in [9.17, 15) is 14.7 Å². The van der Waals surface area contributed by atoms with Crippen molar-refractivity contribution in [2.75, 3.05) is 6.61 Å². The monoisotopic (exact) mass is 322 g/mol.